The zero-order chi connectivity index (χ0) is 30.4. The molecular weight excluding hydrogens is 542 g/mol. The van der Waals surface area contributed by atoms with Gasteiger partial charge in [-0.05, 0) is 92.9 Å². The molecule has 0 aromatic heterocycles. The van der Waals surface area contributed by atoms with Crippen LogP contribution in [0.25, 0.3) is 0 Å². The Morgan fingerprint density at radius 1 is 1.05 bits per heavy atom. The molecule has 0 bridgehead atoms. The van der Waals surface area contributed by atoms with Crippen LogP contribution >= 0.6 is 0 Å². The molecule has 1 aliphatic heterocycles. The number of phenolic OH excluding ortho intramolecular Hbond substituents is 1. The Morgan fingerprint density at radius 3 is 2.63 bits per heavy atom. The van der Waals surface area contributed by atoms with E-state index in [0.29, 0.717) is 61.5 Å². The lowest BCUT2D eigenvalue weighted by Crippen LogP contribution is -2.63. The van der Waals surface area contributed by atoms with Gasteiger partial charge in [-0.2, -0.15) is 0 Å². The number of aromatic hydroxyl groups is 1. The van der Waals surface area contributed by atoms with E-state index in [1.165, 1.54) is 45.6 Å². The number of benzene rings is 1. The van der Waals surface area contributed by atoms with Crippen LogP contribution in [0.3, 0.4) is 0 Å². The zero-order valence-corrected chi connectivity index (χ0v) is 25.9. The van der Waals surface area contributed by atoms with E-state index in [2.05, 4.69) is 17.2 Å². The first-order valence-electron chi connectivity index (χ1n) is 16.9. The number of aliphatic hydroxyl groups is 2. The first-order chi connectivity index (χ1) is 20.8. The Morgan fingerprint density at radius 2 is 1.86 bits per heavy atom. The Hall–Kier alpha value is -2.40. The van der Waals surface area contributed by atoms with Crippen molar-refractivity contribution in [3.05, 3.63) is 23.3 Å². The van der Waals surface area contributed by atoms with Crippen molar-refractivity contribution in [1.82, 2.24) is 5.32 Å². The molecule has 7 nitrogen and oxygen atoms in total. The van der Waals surface area contributed by atoms with Gasteiger partial charge in [-0.15, -0.1) is 0 Å². The number of rotatable bonds is 10. The van der Waals surface area contributed by atoms with Gasteiger partial charge in [-0.3, -0.25) is 9.59 Å². The van der Waals surface area contributed by atoms with Crippen LogP contribution in [0.4, 0.5) is 0 Å². The third-order valence-electron chi connectivity index (χ3n) is 11.0. The summed E-state index contributed by atoms with van der Waals surface area (Å²) in [5.74, 6) is 7.40. The van der Waals surface area contributed by atoms with Crippen LogP contribution in [0.2, 0.25) is 0 Å². The normalized spacial score (nSPS) is 29.3. The third kappa shape index (κ3) is 7.47. The molecule has 2 saturated carbocycles. The number of aliphatic hydroxyl groups excluding tert-OH is 2. The van der Waals surface area contributed by atoms with Gasteiger partial charge < -0.3 is 25.4 Å². The number of aryl methyl sites for hydroxylation is 1. The second-order valence-electron chi connectivity index (χ2n) is 13.7. The molecule has 4 aliphatic rings. The fourth-order valence-electron chi connectivity index (χ4n) is 8.56. The molecule has 4 N–H and O–H groups in total. The molecule has 1 spiro atoms. The van der Waals surface area contributed by atoms with Crippen LogP contribution in [-0.4, -0.2) is 58.3 Å². The number of ketones is 2. The molecule has 1 aromatic rings. The molecule has 3 fully saturated rings. The van der Waals surface area contributed by atoms with Crippen LogP contribution in [0, 0.1) is 29.6 Å². The van der Waals surface area contributed by atoms with Crippen molar-refractivity contribution in [1.29, 1.82) is 0 Å². The Balaban J connectivity index is 1.22. The molecular formula is C36H51NO6. The number of ether oxygens (including phenoxy) is 1. The maximum Gasteiger partial charge on any atom is 0.160 e. The van der Waals surface area contributed by atoms with E-state index < -0.39 is 12.0 Å². The fraction of sp³-hybridized carbons (Fsp3) is 0.722. The van der Waals surface area contributed by atoms with Gasteiger partial charge in [0, 0.05) is 43.4 Å². The first kappa shape index (κ1) is 32.0. The number of unbranched alkanes of at least 4 members (excludes halogenated alkanes) is 1. The second-order valence-corrected chi connectivity index (χ2v) is 13.7. The number of Topliss-reactive ketones (excluding diaryl/α,β-unsaturated/α-hetero) is 2. The van der Waals surface area contributed by atoms with E-state index in [1.807, 2.05) is 0 Å². The number of phenols is 1. The van der Waals surface area contributed by atoms with Gasteiger partial charge in [0.2, 0.25) is 0 Å². The van der Waals surface area contributed by atoms with Crippen molar-refractivity contribution in [2.75, 3.05) is 13.7 Å². The molecule has 0 amide bonds. The maximum atomic E-state index is 13.3. The highest BCUT2D eigenvalue weighted by atomic mass is 16.5. The fourth-order valence-corrected chi connectivity index (χ4v) is 8.56. The number of hydrogen-bond donors (Lipinski definition) is 4. The average molecular weight is 594 g/mol. The molecule has 6 unspecified atom stereocenters. The molecule has 1 saturated heterocycles. The van der Waals surface area contributed by atoms with Crippen LogP contribution in [-0.2, 0) is 16.0 Å². The molecule has 7 heteroatoms. The lowest BCUT2D eigenvalue weighted by atomic mass is 9.62. The van der Waals surface area contributed by atoms with Crippen LogP contribution in [0.5, 0.6) is 11.5 Å². The van der Waals surface area contributed by atoms with Crippen LogP contribution in [0.1, 0.15) is 120 Å². The van der Waals surface area contributed by atoms with Gasteiger partial charge >= 0.3 is 0 Å². The van der Waals surface area contributed by atoms with Crippen molar-refractivity contribution in [2.24, 2.45) is 17.8 Å². The lowest BCUT2D eigenvalue weighted by molar-refractivity contribution is -0.124. The molecule has 236 valence electrons. The number of nitrogens with one attached hydrogen (secondary N) is 1. The summed E-state index contributed by atoms with van der Waals surface area (Å²) in [4.78, 5) is 25.5. The Kier molecular flexibility index (Phi) is 10.9. The number of fused-ring (bicyclic) bond motifs is 2. The summed E-state index contributed by atoms with van der Waals surface area (Å²) in [7, 11) is 1.51. The van der Waals surface area contributed by atoms with Gasteiger partial charge in [0.05, 0.1) is 13.2 Å². The van der Waals surface area contributed by atoms with Gasteiger partial charge in [-0.25, -0.2) is 0 Å². The van der Waals surface area contributed by atoms with Gasteiger partial charge in [0.1, 0.15) is 11.7 Å². The molecule has 0 radical (unpaired) electrons. The summed E-state index contributed by atoms with van der Waals surface area (Å²) in [5.41, 5.74) is 1.94. The Bertz CT molecular complexity index is 1190. The monoisotopic (exact) mass is 593 g/mol. The van der Waals surface area contributed by atoms with E-state index >= 15 is 0 Å². The molecule has 5 rings (SSSR count). The molecule has 1 heterocycles. The first-order valence-corrected chi connectivity index (χ1v) is 16.9. The molecule has 1 aromatic carbocycles. The van der Waals surface area contributed by atoms with E-state index in [4.69, 9.17) is 4.74 Å². The topological polar surface area (TPSA) is 116 Å². The molecule has 3 aliphatic carbocycles. The summed E-state index contributed by atoms with van der Waals surface area (Å²) < 4.78 is 5.31. The van der Waals surface area contributed by atoms with Crippen molar-refractivity contribution in [3.8, 4) is 23.3 Å². The van der Waals surface area contributed by atoms with Crippen LogP contribution in [0.15, 0.2) is 12.1 Å². The minimum absolute atomic E-state index is 0.0369. The van der Waals surface area contributed by atoms with Gasteiger partial charge in [0.25, 0.3) is 0 Å². The number of piperidine rings is 1. The third-order valence-corrected chi connectivity index (χ3v) is 11.0. The van der Waals surface area contributed by atoms with Gasteiger partial charge in [-0.1, -0.05) is 43.9 Å². The van der Waals surface area contributed by atoms with Crippen LogP contribution < -0.4 is 10.1 Å². The van der Waals surface area contributed by atoms with Gasteiger partial charge in [0.15, 0.2) is 17.3 Å². The minimum atomic E-state index is -0.815. The summed E-state index contributed by atoms with van der Waals surface area (Å²) in [6, 6.07) is 3.82. The standard InChI is InChI=1S/C36H51NO6/c1-43-35-21-25-13-16-33(41)29(15-12-24(8-7-19-38)30(25)23-34(35)42)32(40)10-4-3-9-27-20-26-11-14-28(39)22-31(26)37-36(27)17-5-2-6-18-36/h21,23-24,26-27,29,31-32,37-38,40,42H,2-11,13-14,16-20,22H2,1H3. The summed E-state index contributed by atoms with van der Waals surface area (Å²) in [5, 5.41) is 35.2. The highest BCUT2D eigenvalue weighted by molar-refractivity contribution is 5.85. The number of hydrogen-bond acceptors (Lipinski definition) is 7. The predicted molar refractivity (Wildman–Crippen MR) is 166 cm³/mol. The number of carbonyl (C=O) groups is 2. The van der Waals surface area contributed by atoms with E-state index in [-0.39, 0.29) is 36.0 Å². The second kappa shape index (κ2) is 14.6. The van der Waals surface area contributed by atoms with Crippen molar-refractivity contribution in [3.63, 3.8) is 0 Å². The van der Waals surface area contributed by atoms with Crippen molar-refractivity contribution in [2.45, 2.75) is 133 Å². The largest absolute Gasteiger partial charge is 0.504 e. The quantitative estimate of drug-likeness (QED) is 0.213. The predicted octanol–water partition coefficient (Wildman–Crippen LogP) is 5.36. The minimum Gasteiger partial charge on any atom is -0.504 e. The van der Waals surface area contributed by atoms with E-state index in [9.17, 15) is 24.9 Å². The van der Waals surface area contributed by atoms with E-state index in [1.54, 1.807) is 12.1 Å². The maximum absolute atomic E-state index is 13.3. The number of methoxy groups -OCH3 is 1. The summed E-state index contributed by atoms with van der Waals surface area (Å²) in [6.45, 7) is 0.0396. The summed E-state index contributed by atoms with van der Waals surface area (Å²) in [6.07, 6.45) is 14.5. The lowest BCUT2D eigenvalue weighted by Gasteiger charge is -2.54. The average Bonchev–Trinajstić information content (AvgIpc) is 3.06. The molecule has 43 heavy (non-hydrogen) atoms. The SMILES string of the molecule is COc1cc2c(cc1O)C(CCCO)C#CC(C(O)CCCCC1CC3CCC(=O)CC3NC13CCCCC3)C(=O)CC2. The summed E-state index contributed by atoms with van der Waals surface area (Å²) >= 11 is 0. The highest BCUT2D eigenvalue weighted by Crippen LogP contribution is 2.47. The zero-order valence-electron chi connectivity index (χ0n) is 25.9. The van der Waals surface area contributed by atoms with Crippen molar-refractivity contribution < 1.29 is 29.6 Å². The smallest absolute Gasteiger partial charge is 0.160 e. The van der Waals surface area contributed by atoms with E-state index in [0.717, 1.165) is 43.2 Å². The highest BCUT2D eigenvalue weighted by Gasteiger charge is 2.48. The Labute approximate surface area is 257 Å². The molecule has 6 atom stereocenters. The number of carbonyl (C=O) groups excluding carboxylic acids is 2. The van der Waals surface area contributed by atoms with Crippen molar-refractivity contribution >= 4 is 11.6 Å².